The number of nitrogens with zero attached hydrogens (tertiary/aromatic N) is 4. The molecule has 2 atom stereocenters. The minimum atomic E-state index is 0.0990. The molecule has 62 heavy (non-hydrogen) atoms. The van der Waals surface area contributed by atoms with Crippen LogP contribution in [0.4, 0.5) is 51.2 Å². The van der Waals surface area contributed by atoms with E-state index in [1.807, 2.05) is 0 Å². The zero-order valence-electron chi connectivity index (χ0n) is 34.9. The highest BCUT2D eigenvalue weighted by molar-refractivity contribution is 5.99. The van der Waals surface area contributed by atoms with Gasteiger partial charge in [0, 0.05) is 62.6 Å². The maximum absolute atomic E-state index is 2.57. The number of fused-ring (bicyclic) bond motifs is 1. The molecular formula is C58H50N4. The van der Waals surface area contributed by atoms with E-state index in [2.05, 4.69) is 262 Å². The van der Waals surface area contributed by atoms with Crippen molar-refractivity contribution in [3.63, 3.8) is 0 Å². The zero-order chi connectivity index (χ0) is 41.5. The maximum Gasteiger partial charge on any atom is 0.0561 e. The summed E-state index contributed by atoms with van der Waals surface area (Å²) in [7, 11) is 0. The number of hydrogen-bond acceptors (Lipinski definition) is 4. The van der Waals surface area contributed by atoms with Gasteiger partial charge >= 0.3 is 0 Å². The fourth-order valence-corrected chi connectivity index (χ4v) is 9.20. The fourth-order valence-electron chi connectivity index (χ4n) is 9.20. The molecule has 0 bridgehead atoms. The standard InChI is InChI=1S/C58H50N4/c1-6-21-46(22-7-1)59(47-23-8-2-9-24-47)51-33-37-53(38-34-51)61(54-39-35-52(36-40-54)60(48-25-10-3-11-26-48)49-27-12-4-13-28-49)55-41-43-56(44-42-55)62(50-29-14-5-15-30-50)58-32-18-20-45-19-16-17-31-57(45)58/h1-12,14-26,29-39,41-44,49,54H,13,27-28,40H2. The Morgan fingerprint density at radius 2 is 0.839 bits per heavy atom. The quantitative estimate of drug-likeness (QED) is 0.114. The molecule has 2 aliphatic rings. The van der Waals surface area contributed by atoms with E-state index in [0.29, 0.717) is 6.04 Å². The van der Waals surface area contributed by atoms with Gasteiger partial charge in [-0.05, 0) is 140 Å². The van der Waals surface area contributed by atoms with Crippen LogP contribution >= 0.6 is 0 Å². The highest BCUT2D eigenvalue weighted by Gasteiger charge is 2.27. The first-order valence-electron chi connectivity index (χ1n) is 21.9. The smallest absolute Gasteiger partial charge is 0.0561 e. The maximum atomic E-state index is 2.57. The number of hydrogen-bond donors (Lipinski definition) is 0. The van der Waals surface area contributed by atoms with Crippen LogP contribution in [0.15, 0.2) is 248 Å². The molecule has 0 heterocycles. The van der Waals surface area contributed by atoms with E-state index in [4.69, 9.17) is 0 Å². The van der Waals surface area contributed by atoms with Crippen LogP contribution in [0, 0.1) is 0 Å². The first kappa shape index (κ1) is 38.6. The van der Waals surface area contributed by atoms with Crippen LogP contribution in [0.2, 0.25) is 0 Å². The van der Waals surface area contributed by atoms with Gasteiger partial charge in [0.2, 0.25) is 0 Å². The first-order valence-corrected chi connectivity index (χ1v) is 21.9. The average molecular weight is 803 g/mol. The van der Waals surface area contributed by atoms with Crippen LogP contribution in [-0.2, 0) is 0 Å². The Labute approximate surface area is 366 Å². The van der Waals surface area contributed by atoms with Crippen molar-refractivity contribution >= 4 is 62.0 Å². The third kappa shape index (κ3) is 8.03. The molecular weight excluding hydrogens is 753 g/mol. The third-order valence-corrected chi connectivity index (χ3v) is 12.1. The van der Waals surface area contributed by atoms with Crippen molar-refractivity contribution in [1.29, 1.82) is 0 Å². The van der Waals surface area contributed by atoms with Gasteiger partial charge in [-0.1, -0.05) is 133 Å². The minimum Gasteiger partial charge on any atom is -0.338 e. The molecule has 0 aromatic heterocycles. The second-order valence-electron chi connectivity index (χ2n) is 16.0. The Hall–Kier alpha value is -7.56. The van der Waals surface area contributed by atoms with Crippen molar-refractivity contribution in [2.24, 2.45) is 0 Å². The SMILES string of the molecule is C1=CCC(N(C2=CCC(N(c3ccc(N(c4ccccc4)c4ccccc4)cc3)c3ccc(N(c4ccccc4)c4cccc5ccccc45)cc3)C=C2)c2ccccc2)CC1. The molecule has 0 saturated heterocycles. The summed E-state index contributed by atoms with van der Waals surface area (Å²) in [5.41, 5.74) is 11.5. The van der Waals surface area contributed by atoms with Gasteiger partial charge in [0.15, 0.2) is 0 Å². The number of benzene rings is 8. The predicted octanol–water partition coefficient (Wildman–Crippen LogP) is 15.7. The van der Waals surface area contributed by atoms with Gasteiger partial charge in [-0.3, -0.25) is 0 Å². The molecule has 0 amide bonds. The molecule has 4 nitrogen and oxygen atoms in total. The van der Waals surface area contributed by atoms with E-state index < -0.39 is 0 Å². The van der Waals surface area contributed by atoms with Crippen molar-refractivity contribution in [2.45, 2.75) is 37.8 Å². The summed E-state index contributed by atoms with van der Waals surface area (Å²) in [6.45, 7) is 0. The number of rotatable bonds is 12. The molecule has 302 valence electrons. The molecule has 4 heteroatoms. The molecule has 2 aliphatic carbocycles. The van der Waals surface area contributed by atoms with E-state index in [1.54, 1.807) is 0 Å². The Morgan fingerprint density at radius 3 is 1.39 bits per heavy atom. The molecule has 0 N–H and O–H groups in total. The zero-order valence-corrected chi connectivity index (χ0v) is 34.9. The second-order valence-corrected chi connectivity index (χ2v) is 16.0. The highest BCUT2D eigenvalue weighted by atomic mass is 15.2. The Kier molecular flexibility index (Phi) is 11.2. The van der Waals surface area contributed by atoms with Crippen molar-refractivity contribution in [3.8, 4) is 0 Å². The molecule has 2 unspecified atom stereocenters. The van der Waals surface area contributed by atoms with Gasteiger partial charge in [0.05, 0.1) is 11.7 Å². The molecule has 0 spiro atoms. The van der Waals surface area contributed by atoms with Crippen LogP contribution in [0.3, 0.4) is 0 Å². The van der Waals surface area contributed by atoms with E-state index in [0.717, 1.165) is 71.2 Å². The molecule has 0 fully saturated rings. The lowest BCUT2D eigenvalue weighted by Crippen LogP contribution is -2.37. The van der Waals surface area contributed by atoms with Gasteiger partial charge in [-0.15, -0.1) is 0 Å². The van der Waals surface area contributed by atoms with Crippen molar-refractivity contribution < 1.29 is 0 Å². The van der Waals surface area contributed by atoms with Crippen LogP contribution in [0.1, 0.15) is 25.7 Å². The summed E-state index contributed by atoms with van der Waals surface area (Å²) in [5, 5.41) is 2.44. The predicted molar refractivity (Wildman–Crippen MR) is 263 cm³/mol. The molecule has 0 radical (unpaired) electrons. The molecule has 8 aromatic rings. The number of para-hydroxylation sites is 4. The van der Waals surface area contributed by atoms with Crippen molar-refractivity contribution in [3.05, 3.63) is 248 Å². The molecule has 8 aromatic carbocycles. The van der Waals surface area contributed by atoms with Gasteiger partial charge in [0.25, 0.3) is 0 Å². The Balaban J connectivity index is 1.03. The highest BCUT2D eigenvalue weighted by Crippen LogP contribution is 2.42. The van der Waals surface area contributed by atoms with Gasteiger partial charge in [-0.2, -0.15) is 0 Å². The summed E-state index contributed by atoms with van der Waals surface area (Å²) < 4.78 is 0. The van der Waals surface area contributed by atoms with Gasteiger partial charge in [0.1, 0.15) is 0 Å². The third-order valence-electron chi connectivity index (χ3n) is 12.1. The van der Waals surface area contributed by atoms with Crippen LogP contribution in [-0.4, -0.2) is 12.1 Å². The summed E-state index contributed by atoms with van der Waals surface area (Å²) in [4.78, 5) is 9.77. The average Bonchev–Trinajstić information content (AvgIpc) is 3.35. The summed E-state index contributed by atoms with van der Waals surface area (Å²) in [6, 6.07) is 76.8. The summed E-state index contributed by atoms with van der Waals surface area (Å²) >= 11 is 0. The molecule has 10 rings (SSSR count). The first-order chi connectivity index (χ1) is 30.8. The summed E-state index contributed by atoms with van der Waals surface area (Å²) in [5.74, 6) is 0. The topological polar surface area (TPSA) is 13.0 Å². The van der Waals surface area contributed by atoms with E-state index >= 15 is 0 Å². The molecule has 0 saturated carbocycles. The van der Waals surface area contributed by atoms with E-state index in [9.17, 15) is 0 Å². The van der Waals surface area contributed by atoms with Gasteiger partial charge in [-0.25, -0.2) is 0 Å². The fraction of sp³-hybridized carbons (Fsp3) is 0.103. The minimum absolute atomic E-state index is 0.0990. The normalized spacial score (nSPS) is 15.8. The Bertz CT molecular complexity index is 2750. The van der Waals surface area contributed by atoms with Gasteiger partial charge < -0.3 is 19.6 Å². The van der Waals surface area contributed by atoms with Crippen LogP contribution in [0.25, 0.3) is 10.8 Å². The molecule has 0 aliphatic heterocycles. The largest absolute Gasteiger partial charge is 0.338 e. The Morgan fingerprint density at radius 1 is 0.371 bits per heavy atom. The monoisotopic (exact) mass is 802 g/mol. The lowest BCUT2D eigenvalue weighted by Gasteiger charge is -2.39. The number of allylic oxidation sites excluding steroid dienone is 2. The van der Waals surface area contributed by atoms with Crippen LogP contribution < -0.4 is 19.6 Å². The number of anilines is 9. The van der Waals surface area contributed by atoms with Crippen molar-refractivity contribution in [2.75, 3.05) is 19.6 Å². The van der Waals surface area contributed by atoms with Crippen molar-refractivity contribution in [1.82, 2.24) is 0 Å². The second kappa shape index (κ2) is 18.0. The van der Waals surface area contributed by atoms with Crippen LogP contribution in [0.5, 0.6) is 0 Å². The lowest BCUT2D eigenvalue weighted by atomic mass is 9.96. The van der Waals surface area contributed by atoms with E-state index in [-0.39, 0.29) is 6.04 Å². The summed E-state index contributed by atoms with van der Waals surface area (Å²) in [6.07, 6.45) is 16.1. The lowest BCUT2D eigenvalue weighted by molar-refractivity contribution is 0.576. The van der Waals surface area contributed by atoms with E-state index in [1.165, 1.54) is 22.2 Å².